The van der Waals surface area contributed by atoms with Gasteiger partial charge in [-0.1, -0.05) is 6.07 Å². The molecule has 0 bridgehead atoms. The summed E-state index contributed by atoms with van der Waals surface area (Å²) in [7, 11) is 1.62. The standard InChI is InChI=1S/C17H20FN3O3/c1-22-9-13-8-17(20-11-19-13)21-15-10-23-6-5-16(15)24-14-4-2-3-12(18)7-14/h2-4,7-8,11,15-16H,5-6,9-10H2,1H3,(H,19,20,21)/t15-,16+/m1/s1. The summed E-state index contributed by atoms with van der Waals surface area (Å²) in [6.07, 6.45) is 2.06. The lowest BCUT2D eigenvalue weighted by molar-refractivity contribution is 0.0145. The van der Waals surface area contributed by atoms with Gasteiger partial charge in [0.25, 0.3) is 0 Å². The normalized spacial score (nSPS) is 20.6. The Bertz CT molecular complexity index is 671. The highest BCUT2D eigenvalue weighted by Gasteiger charge is 2.28. The van der Waals surface area contributed by atoms with Crippen LogP contribution in [0.25, 0.3) is 0 Å². The first-order valence-electron chi connectivity index (χ1n) is 7.81. The molecule has 2 heterocycles. The van der Waals surface area contributed by atoms with Crippen LogP contribution in [0, 0.1) is 5.82 Å². The van der Waals surface area contributed by atoms with Crippen LogP contribution in [-0.4, -0.2) is 42.4 Å². The third kappa shape index (κ3) is 4.39. The summed E-state index contributed by atoms with van der Waals surface area (Å²) in [4.78, 5) is 8.36. The molecular formula is C17H20FN3O3. The number of hydrogen-bond acceptors (Lipinski definition) is 6. The maximum atomic E-state index is 13.3. The molecule has 0 aliphatic carbocycles. The third-order valence-corrected chi connectivity index (χ3v) is 3.73. The van der Waals surface area contributed by atoms with Crippen molar-refractivity contribution in [2.75, 3.05) is 25.6 Å². The van der Waals surface area contributed by atoms with Gasteiger partial charge in [0, 0.05) is 25.7 Å². The molecule has 0 saturated carbocycles. The van der Waals surface area contributed by atoms with E-state index < -0.39 is 0 Å². The fourth-order valence-electron chi connectivity index (χ4n) is 2.60. The minimum absolute atomic E-state index is 0.0905. The highest BCUT2D eigenvalue weighted by molar-refractivity contribution is 5.36. The number of anilines is 1. The second-order valence-electron chi connectivity index (χ2n) is 5.56. The summed E-state index contributed by atoms with van der Waals surface area (Å²) in [5, 5.41) is 3.31. The number of nitrogens with zero attached hydrogens (tertiary/aromatic N) is 2. The Labute approximate surface area is 140 Å². The van der Waals surface area contributed by atoms with Gasteiger partial charge in [0.15, 0.2) is 0 Å². The van der Waals surface area contributed by atoms with E-state index in [1.807, 2.05) is 6.07 Å². The first kappa shape index (κ1) is 16.6. The number of methoxy groups -OCH3 is 1. The van der Waals surface area contributed by atoms with Crippen LogP contribution < -0.4 is 10.1 Å². The van der Waals surface area contributed by atoms with Crippen LogP contribution in [-0.2, 0) is 16.1 Å². The highest BCUT2D eigenvalue weighted by atomic mass is 19.1. The van der Waals surface area contributed by atoms with E-state index in [0.29, 0.717) is 37.8 Å². The van der Waals surface area contributed by atoms with Gasteiger partial charge in [-0.2, -0.15) is 0 Å². The van der Waals surface area contributed by atoms with Crippen LogP contribution in [0.3, 0.4) is 0 Å². The zero-order valence-corrected chi connectivity index (χ0v) is 13.4. The fraction of sp³-hybridized carbons (Fsp3) is 0.412. The van der Waals surface area contributed by atoms with E-state index in [2.05, 4.69) is 15.3 Å². The van der Waals surface area contributed by atoms with Crippen molar-refractivity contribution >= 4 is 5.82 Å². The molecule has 7 heteroatoms. The smallest absolute Gasteiger partial charge is 0.130 e. The molecule has 1 aliphatic rings. The molecule has 0 radical (unpaired) electrons. The summed E-state index contributed by atoms with van der Waals surface area (Å²) < 4.78 is 29.9. The van der Waals surface area contributed by atoms with E-state index in [0.717, 1.165) is 5.69 Å². The molecular weight excluding hydrogens is 313 g/mol. The van der Waals surface area contributed by atoms with Crippen LogP contribution in [0.15, 0.2) is 36.7 Å². The van der Waals surface area contributed by atoms with Gasteiger partial charge in [-0.15, -0.1) is 0 Å². The average Bonchev–Trinajstić information content (AvgIpc) is 2.57. The Hall–Kier alpha value is -2.25. The molecule has 128 valence electrons. The minimum atomic E-state index is -0.316. The maximum Gasteiger partial charge on any atom is 0.130 e. The number of nitrogens with one attached hydrogen (secondary N) is 1. The van der Waals surface area contributed by atoms with Crippen LogP contribution in [0.4, 0.5) is 10.2 Å². The summed E-state index contributed by atoms with van der Waals surface area (Å²) in [6.45, 7) is 1.52. The van der Waals surface area contributed by atoms with E-state index >= 15 is 0 Å². The van der Waals surface area contributed by atoms with Crippen molar-refractivity contribution in [1.29, 1.82) is 0 Å². The van der Waals surface area contributed by atoms with Gasteiger partial charge in [-0.05, 0) is 12.1 Å². The van der Waals surface area contributed by atoms with Crippen molar-refractivity contribution in [1.82, 2.24) is 9.97 Å². The molecule has 2 atom stereocenters. The molecule has 3 rings (SSSR count). The molecule has 1 aromatic carbocycles. The molecule has 1 saturated heterocycles. The molecule has 1 aromatic heterocycles. The zero-order chi connectivity index (χ0) is 16.8. The summed E-state index contributed by atoms with van der Waals surface area (Å²) in [6, 6.07) is 7.90. The predicted octanol–water partition coefficient (Wildman–Crippen LogP) is 2.41. The van der Waals surface area contributed by atoms with Gasteiger partial charge in [-0.25, -0.2) is 14.4 Å². The third-order valence-electron chi connectivity index (χ3n) is 3.73. The van der Waals surface area contributed by atoms with Crippen LogP contribution in [0.1, 0.15) is 12.1 Å². The van der Waals surface area contributed by atoms with Crippen molar-refractivity contribution in [3.8, 4) is 5.75 Å². The van der Waals surface area contributed by atoms with Crippen molar-refractivity contribution in [2.45, 2.75) is 25.2 Å². The van der Waals surface area contributed by atoms with Crippen LogP contribution in [0.2, 0.25) is 0 Å². The van der Waals surface area contributed by atoms with Gasteiger partial charge in [0.2, 0.25) is 0 Å². The zero-order valence-electron chi connectivity index (χ0n) is 13.4. The van der Waals surface area contributed by atoms with Crippen LogP contribution in [0.5, 0.6) is 5.75 Å². The lowest BCUT2D eigenvalue weighted by Gasteiger charge is -2.32. The Morgan fingerprint density at radius 1 is 1.33 bits per heavy atom. The molecule has 0 unspecified atom stereocenters. The molecule has 2 aromatic rings. The lowest BCUT2D eigenvalue weighted by atomic mass is 10.1. The molecule has 1 fully saturated rings. The summed E-state index contributed by atoms with van der Waals surface area (Å²) in [5.74, 6) is 0.876. The highest BCUT2D eigenvalue weighted by Crippen LogP contribution is 2.21. The van der Waals surface area contributed by atoms with Gasteiger partial charge >= 0.3 is 0 Å². The van der Waals surface area contributed by atoms with E-state index in [9.17, 15) is 4.39 Å². The Morgan fingerprint density at radius 2 is 2.25 bits per heavy atom. The van der Waals surface area contributed by atoms with Crippen LogP contribution >= 0.6 is 0 Å². The van der Waals surface area contributed by atoms with Crippen molar-refractivity contribution < 1.29 is 18.6 Å². The first-order valence-corrected chi connectivity index (χ1v) is 7.81. The minimum Gasteiger partial charge on any atom is -0.488 e. The number of hydrogen-bond donors (Lipinski definition) is 1. The van der Waals surface area contributed by atoms with E-state index in [4.69, 9.17) is 14.2 Å². The van der Waals surface area contributed by atoms with Crippen molar-refractivity contribution in [3.63, 3.8) is 0 Å². The van der Waals surface area contributed by atoms with Gasteiger partial charge < -0.3 is 19.5 Å². The molecule has 0 spiro atoms. The fourth-order valence-corrected chi connectivity index (χ4v) is 2.60. The quantitative estimate of drug-likeness (QED) is 0.876. The second-order valence-corrected chi connectivity index (χ2v) is 5.56. The Morgan fingerprint density at radius 3 is 3.08 bits per heavy atom. The molecule has 1 aliphatic heterocycles. The van der Waals surface area contributed by atoms with E-state index in [-0.39, 0.29) is 18.0 Å². The van der Waals surface area contributed by atoms with E-state index in [1.54, 1.807) is 19.2 Å². The van der Waals surface area contributed by atoms with Crippen molar-refractivity contribution in [2.24, 2.45) is 0 Å². The molecule has 0 amide bonds. The van der Waals surface area contributed by atoms with Crippen molar-refractivity contribution in [3.05, 3.63) is 48.2 Å². The maximum absolute atomic E-state index is 13.3. The molecule has 6 nitrogen and oxygen atoms in total. The van der Waals surface area contributed by atoms with Gasteiger partial charge in [0.05, 0.1) is 31.6 Å². The SMILES string of the molecule is COCc1cc(N[C@@H]2COCC[C@@H]2Oc2cccc(F)c2)ncn1. The summed E-state index contributed by atoms with van der Waals surface area (Å²) in [5.41, 5.74) is 0.786. The predicted molar refractivity (Wildman–Crippen MR) is 86.4 cm³/mol. The van der Waals surface area contributed by atoms with E-state index in [1.165, 1.54) is 18.5 Å². The number of aromatic nitrogens is 2. The number of rotatable bonds is 6. The second kappa shape index (κ2) is 8.03. The topological polar surface area (TPSA) is 65.5 Å². The summed E-state index contributed by atoms with van der Waals surface area (Å²) >= 11 is 0. The number of benzene rings is 1. The number of halogens is 1. The number of ether oxygens (including phenoxy) is 3. The molecule has 24 heavy (non-hydrogen) atoms. The lowest BCUT2D eigenvalue weighted by Crippen LogP contribution is -2.45. The average molecular weight is 333 g/mol. The Balaban J connectivity index is 1.69. The largest absolute Gasteiger partial charge is 0.488 e. The monoisotopic (exact) mass is 333 g/mol. The molecule has 1 N–H and O–H groups in total. The van der Waals surface area contributed by atoms with Gasteiger partial charge in [-0.3, -0.25) is 0 Å². The van der Waals surface area contributed by atoms with Gasteiger partial charge in [0.1, 0.15) is 29.8 Å². The first-order chi connectivity index (χ1) is 11.7. The Kier molecular flexibility index (Phi) is 5.55.